The fourth-order valence-electron chi connectivity index (χ4n) is 2.07. The van der Waals surface area contributed by atoms with Crippen LogP contribution < -0.4 is 15.4 Å². The van der Waals surface area contributed by atoms with Crippen LogP contribution in [0.15, 0.2) is 41.3 Å². The van der Waals surface area contributed by atoms with Gasteiger partial charge in [-0.25, -0.2) is 4.39 Å². The smallest absolute Gasteiger partial charge is 0.262 e. The fraction of sp³-hybridized carbons (Fsp3) is 0.125. The lowest BCUT2D eigenvalue weighted by atomic mass is 10.2. The molecule has 5 nitrogen and oxygen atoms in total. The first-order valence-electron chi connectivity index (χ1n) is 6.95. The lowest BCUT2D eigenvalue weighted by molar-refractivity contribution is -0.118. The quantitative estimate of drug-likeness (QED) is 0.868. The molecule has 1 aliphatic rings. The Labute approximate surface area is 146 Å². The van der Waals surface area contributed by atoms with Gasteiger partial charge in [-0.1, -0.05) is 11.6 Å². The number of carbonyl (C=O) groups is 2. The molecule has 0 saturated heterocycles. The number of hydrogen-bond acceptors (Lipinski definition) is 4. The number of carbonyl (C=O) groups excluding carboxylic acids is 2. The van der Waals surface area contributed by atoms with Crippen LogP contribution in [0, 0.1) is 5.82 Å². The maximum absolute atomic E-state index is 13.1. The van der Waals surface area contributed by atoms with Crippen LogP contribution in [0.2, 0.25) is 5.02 Å². The van der Waals surface area contributed by atoms with E-state index in [-0.39, 0.29) is 23.4 Å². The van der Waals surface area contributed by atoms with Gasteiger partial charge in [0.05, 0.1) is 16.5 Å². The summed E-state index contributed by atoms with van der Waals surface area (Å²) in [6, 6.07) is 9.12. The third-order valence-corrected chi connectivity index (χ3v) is 4.52. The average Bonchev–Trinajstić information content (AvgIpc) is 2.55. The van der Waals surface area contributed by atoms with Crippen molar-refractivity contribution in [3.05, 3.63) is 47.2 Å². The first-order valence-corrected chi connectivity index (χ1v) is 8.32. The Morgan fingerprint density at radius 3 is 2.96 bits per heavy atom. The van der Waals surface area contributed by atoms with E-state index < -0.39 is 5.82 Å². The number of anilines is 2. The Morgan fingerprint density at radius 2 is 2.17 bits per heavy atom. The number of thioether (sulfide) groups is 1. The molecule has 24 heavy (non-hydrogen) atoms. The Hall–Kier alpha value is -2.25. The van der Waals surface area contributed by atoms with Gasteiger partial charge in [-0.2, -0.15) is 0 Å². The Morgan fingerprint density at radius 1 is 1.33 bits per heavy atom. The molecule has 0 radical (unpaired) electrons. The molecule has 3 rings (SSSR count). The van der Waals surface area contributed by atoms with Crippen molar-refractivity contribution < 1.29 is 18.7 Å². The molecule has 0 fully saturated rings. The number of ether oxygens (including phenoxy) is 1. The monoisotopic (exact) mass is 366 g/mol. The summed E-state index contributed by atoms with van der Waals surface area (Å²) in [6.45, 7) is -0.250. The molecular weight excluding hydrogens is 355 g/mol. The molecule has 0 spiro atoms. The standard InChI is InChI=1S/C16H12ClFN2O3S/c17-11-6-10(2-3-12(11)18)23-7-15(21)19-9-1-4-14-13(5-9)20-16(22)8-24-14/h1-6H,7-8H2,(H,19,21)(H,20,22). The molecule has 0 aliphatic carbocycles. The highest BCUT2D eigenvalue weighted by Crippen LogP contribution is 2.33. The number of halogens is 2. The van der Waals surface area contributed by atoms with Gasteiger partial charge in [0.1, 0.15) is 11.6 Å². The highest BCUT2D eigenvalue weighted by molar-refractivity contribution is 8.00. The van der Waals surface area contributed by atoms with Gasteiger partial charge in [-0.05, 0) is 30.3 Å². The Bertz CT molecular complexity index is 816. The number of benzene rings is 2. The summed E-state index contributed by atoms with van der Waals surface area (Å²) in [5.74, 6) is -0.335. The second kappa shape index (κ2) is 7.11. The Kier molecular flexibility index (Phi) is 4.92. The van der Waals surface area contributed by atoms with E-state index in [0.717, 1.165) is 4.90 Å². The zero-order valence-electron chi connectivity index (χ0n) is 12.3. The molecule has 1 heterocycles. The van der Waals surface area contributed by atoms with Gasteiger partial charge in [0.25, 0.3) is 5.91 Å². The summed E-state index contributed by atoms with van der Waals surface area (Å²) in [5.41, 5.74) is 1.21. The Balaban J connectivity index is 1.59. The van der Waals surface area contributed by atoms with Crippen molar-refractivity contribution in [3.8, 4) is 5.75 Å². The molecule has 2 N–H and O–H groups in total. The fourth-order valence-corrected chi connectivity index (χ4v) is 3.03. The lowest BCUT2D eigenvalue weighted by Gasteiger charge is -2.17. The largest absolute Gasteiger partial charge is 0.484 e. The van der Waals surface area contributed by atoms with Crippen LogP contribution in [0.4, 0.5) is 15.8 Å². The molecule has 124 valence electrons. The van der Waals surface area contributed by atoms with Gasteiger partial charge >= 0.3 is 0 Å². The predicted octanol–water partition coefficient (Wildman–Crippen LogP) is 3.54. The summed E-state index contributed by atoms with van der Waals surface area (Å²) < 4.78 is 18.3. The first-order chi connectivity index (χ1) is 11.5. The zero-order valence-corrected chi connectivity index (χ0v) is 13.8. The molecule has 1 aliphatic heterocycles. The van der Waals surface area contributed by atoms with E-state index in [9.17, 15) is 14.0 Å². The molecular formula is C16H12ClFN2O3S. The van der Waals surface area contributed by atoms with Gasteiger partial charge in [-0.15, -0.1) is 11.8 Å². The maximum Gasteiger partial charge on any atom is 0.262 e. The summed E-state index contributed by atoms with van der Waals surface area (Å²) in [5, 5.41) is 5.35. The maximum atomic E-state index is 13.1. The molecule has 0 unspecified atom stereocenters. The highest BCUT2D eigenvalue weighted by Gasteiger charge is 2.16. The van der Waals surface area contributed by atoms with E-state index in [2.05, 4.69) is 10.6 Å². The first kappa shape index (κ1) is 16.6. The van der Waals surface area contributed by atoms with Crippen LogP contribution in [0.25, 0.3) is 0 Å². The average molecular weight is 367 g/mol. The van der Waals surface area contributed by atoms with E-state index in [4.69, 9.17) is 16.3 Å². The SMILES string of the molecule is O=C(COc1ccc(F)c(Cl)c1)Nc1ccc2c(c1)NC(=O)CS2. The third-order valence-electron chi connectivity index (χ3n) is 3.16. The molecule has 2 aromatic rings. The molecule has 2 aromatic carbocycles. The van der Waals surface area contributed by atoms with Gasteiger partial charge in [0.2, 0.25) is 5.91 Å². The minimum atomic E-state index is -0.553. The van der Waals surface area contributed by atoms with Crippen LogP contribution in [0.1, 0.15) is 0 Å². The van der Waals surface area contributed by atoms with Gasteiger partial charge < -0.3 is 15.4 Å². The molecule has 8 heteroatoms. The molecule has 0 aromatic heterocycles. The van der Waals surface area contributed by atoms with Gasteiger partial charge in [0.15, 0.2) is 6.61 Å². The lowest BCUT2D eigenvalue weighted by Crippen LogP contribution is -2.21. The van der Waals surface area contributed by atoms with Crippen LogP contribution in [0.5, 0.6) is 5.75 Å². The number of rotatable bonds is 4. The molecule has 0 bridgehead atoms. The highest BCUT2D eigenvalue weighted by atomic mass is 35.5. The summed E-state index contributed by atoms with van der Waals surface area (Å²) in [7, 11) is 0. The summed E-state index contributed by atoms with van der Waals surface area (Å²) >= 11 is 7.09. The summed E-state index contributed by atoms with van der Waals surface area (Å²) in [6.07, 6.45) is 0. The molecule has 2 amide bonds. The van der Waals surface area contributed by atoms with Crippen molar-refractivity contribution in [2.75, 3.05) is 23.0 Å². The van der Waals surface area contributed by atoms with E-state index in [1.807, 2.05) is 6.07 Å². The van der Waals surface area contributed by atoms with Crippen molar-refractivity contribution in [1.29, 1.82) is 0 Å². The number of nitrogens with one attached hydrogen (secondary N) is 2. The molecule has 0 saturated carbocycles. The third kappa shape index (κ3) is 3.98. The number of fused-ring (bicyclic) bond motifs is 1. The predicted molar refractivity (Wildman–Crippen MR) is 91.3 cm³/mol. The van der Waals surface area contributed by atoms with E-state index in [0.29, 0.717) is 22.9 Å². The van der Waals surface area contributed by atoms with Crippen molar-refractivity contribution in [3.63, 3.8) is 0 Å². The number of amides is 2. The van der Waals surface area contributed by atoms with Crippen molar-refractivity contribution in [2.24, 2.45) is 0 Å². The minimum Gasteiger partial charge on any atom is -0.484 e. The van der Waals surface area contributed by atoms with Crippen molar-refractivity contribution in [1.82, 2.24) is 0 Å². The zero-order chi connectivity index (χ0) is 17.1. The van der Waals surface area contributed by atoms with Crippen LogP contribution in [-0.4, -0.2) is 24.2 Å². The van der Waals surface area contributed by atoms with E-state index in [1.54, 1.807) is 12.1 Å². The van der Waals surface area contributed by atoms with Crippen molar-refractivity contribution >= 4 is 46.6 Å². The van der Waals surface area contributed by atoms with Crippen LogP contribution >= 0.6 is 23.4 Å². The van der Waals surface area contributed by atoms with Gasteiger partial charge in [0, 0.05) is 16.6 Å². The summed E-state index contributed by atoms with van der Waals surface area (Å²) in [4.78, 5) is 24.3. The van der Waals surface area contributed by atoms with Crippen LogP contribution in [0.3, 0.4) is 0 Å². The second-order valence-corrected chi connectivity index (χ2v) is 6.38. The van der Waals surface area contributed by atoms with E-state index >= 15 is 0 Å². The van der Waals surface area contributed by atoms with Crippen molar-refractivity contribution in [2.45, 2.75) is 4.90 Å². The van der Waals surface area contributed by atoms with Crippen LogP contribution in [-0.2, 0) is 9.59 Å². The molecule has 0 atom stereocenters. The number of hydrogen-bond donors (Lipinski definition) is 2. The van der Waals surface area contributed by atoms with Gasteiger partial charge in [-0.3, -0.25) is 9.59 Å². The second-order valence-electron chi connectivity index (χ2n) is 4.96. The van der Waals surface area contributed by atoms with E-state index in [1.165, 1.54) is 30.0 Å². The topological polar surface area (TPSA) is 67.4 Å². The normalized spacial score (nSPS) is 13.0. The minimum absolute atomic E-state index is 0.0733.